The molecule has 0 radical (unpaired) electrons. The summed E-state index contributed by atoms with van der Waals surface area (Å²) in [6, 6.07) is 3.42. The molecule has 112 valence electrons. The first-order chi connectivity index (χ1) is 9.47. The van der Waals surface area contributed by atoms with Gasteiger partial charge >= 0.3 is 0 Å². The molecule has 0 aliphatic carbocycles. The van der Waals surface area contributed by atoms with E-state index in [0.29, 0.717) is 5.82 Å². The van der Waals surface area contributed by atoms with Crippen molar-refractivity contribution in [3.05, 3.63) is 18.3 Å². The van der Waals surface area contributed by atoms with E-state index < -0.39 is 9.84 Å². The van der Waals surface area contributed by atoms with Crippen molar-refractivity contribution >= 4 is 15.7 Å². The van der Waals surface area contributed by atoms with Crippen molar-refractivity contribution in [1.82, 2.24) is 9.88 Å². The van der Waals surface area contributed by atoms with E-state index >= 15 is 0 Å². The molecule has 2 rings (SSSR count). The average molecular weight is 297 g/mol. The van der Waals surface area contributed by atoms with E-state index in [0.717, 1.165) is 19.6 Å². The average Bonchev–Trinajstić information content (AvgIpc) is 2.39. The molecule has 0 aromatic carbocycles. The van der Waals surface area contributed by atoms with Gasteiger partial charge in [0.25, 0.3) is 0 Å². The molecule has 1 unspecified atom stereocenters. The summed E-state index contributed by atoms with van der Waals surface area (Å²) in [7, 11) is -3.25. The Balaban J connectivity index is 2.02. The first-order valence-corrected chi connectivity index (χ1v) is 9.00. The third kappa shape index (κ3) is 4.18. The van der Waals surface area contributed by atoms with Gasteiger partial charge in [0.1, 0.15) is 10.7 Å². The summed E-state index contributed by atoms with van der Waals surface area (Å²) in [5.74, 6) is 0.458. The maximum absolute atomic E-state index is 11.7. The van der Waals surface area contributed by atoms with Crippen LogP contribution in [0.1, 0.15) is 26.2 Å². The third-order valence-corrected chi connectivity index (χ3v) is 4.66. The summed E-state index contributed by atoms with van der Waals surface area (Å²) in [5, 5.41) is 3.23. The van der Waals surface area contributed by atoms with Gasteiger partial charge in [-0.1, -0.05) is 6.42 Å². The summed E-state index contributed by atoms with van der Waals surface area (Å²) in [5.41, 5.74) is 0. The molecule has 2 heterocycles. The predicted octanol–water partition coefficient (Wildman–Crippen LogP) is 1.77. The molecule has 1 fully saturated rings. The van der Waals surface area contributed by atoms with E-state index in [1.165, 1.54) is 25.5 Å². The van der Waals surface area contributed by atoms with E-state index in [1.54, 1.807) is 18.3 Å². The minimum atomic E-state index is -3.25. The molecule has 0 amide bonds. The molecule has 1 aromatic rings. The van der Waals surface area contributed by atoms with Crippen LogP contribution in [0.4, 0.5) is 5.82 Å². The number of piperidine rings is 1. The molecular weight excluding hydrogens is 274 g/mol. The standard InChI is InChI=1S/C14H23N3O2S/c1-12(11-17-9-4-3-5-10-17)16-14-13(20(2,18)19)7-6-8-15-14/h6-8,12H,3-5,9-11H2,1-2H3,(H,15,16). The quantitative estimate of drug-likeness (QED) is 0.897. The van der Waals surface area contributed by atoms with Gasteiger partial charge in [-0.05, 0) is 45.0 Å². The molecule has 0 bridgehead atoms. The van der Waals surface area contributed by atoms with E-state index in [9.17, 15) is 8.42 Å². The van der Waals surface area contributed by atoms with Gasteiger partial charge in [0.15, 0.2) is 9.84 Å². The number of nitrogens with one attached hydrogen (secondary N) is 1. The van der Waals surface area contributed by atoms with Crippen LogP contribution in [0.15, 0.2) is 23.2 Å². The largest absolute Gasteiger partial charge is 0.365 e. The van der Waals surface area contributed by atoms with Gasteiger partial charge in [-0.2, -0.15) is 0 Å². The Hall–Kier alpha value is -1.14. The van der Waals surface area contributed by atoms with Gasteiger partial charge in [0.2, 0.25) is 0 Å². The molecule has 5 nitrogen and oxygen atoms in total. The Morgan fingerprint density at radius 2 is 2.05 bits per heavy atom. The van der Waals surface area contributed by atoms with Crippen molar-refractivity contribution < 1.29 is 8.42 Å². The molecule has 1 saturated heterocycles. The number of hydrogen-bond acceptors (Lipinski definition) is 5. The van der Waals surface area contributed by atoms with E-state index in [1.807, 2.05) is 0 Å². The van der Waals surface area contributed by atoms with Crippen molar-refractivity contribution in [2.75, 3.05) is 31.2 Å². The van der Waals surface area contributed by atoms with Crippen LogP contribution >= 0.6 is 0 Å². The molecule has 6 heteroatoms. The molecule has 1 aliphatic rings. The number of nitrogens with zero attached hydrogens (tertiary/aromatic N) is 2. The van der Waals surface area contributed by atoms with Crippen LogP contribution < -0.4 is 5.32 Å². The Labute approximate surface area is 121 Å². The Morgan fingerprint density at radius 3 is 2.70 bits per heavy atom. The summed E-state index contributed by atoms with van der Waals surface area (Å²) >= 11 is 0. The fourth-order valence-corrected chi connectivity index (χ4v) is 3.40. The maximum Gasteiger partial charge on any atom is 0.179 e. The molecule has 0 saturated carbocycles. The van der Waals surface area contributed by atoms with Gasteiger partial charge in [-0.15, -0.1) is 0 Å². The van der Waals surface area contributed by atoms with Crippen LogP contribution in [0.25, 0.3) is 0 Å². The zero-order valence-corrected chi connectivity index (χ0v) is 13.0. The Kier molecular flexibility index (Phi) is 4.99. The van der Waals surface area contributed by atoms with Crippen LogP contribution in [0.5, 0.6) is 0 Å². The highest BCUT2D eigenvalue weighted by Crippen LogP contribution is 2.19. The zero-order valence-electron chi connectivity index (χ0n) is 12.2. The lowest BCUT2D eigenvalue weighted by Crippen LogP contribution is -2.38. The summed E-state index contributed by atoms with van der Waals surface area (Å²) in [6.45, 7) is 5.25. The summed E-state index contributed by atoms with van der Waals surface area (Å²) in [6.07, 6.45) is 6.65. The summed E-state index contributed by atoms with van der Waals surface area (Å²) in [4.78, 5) is 6.86. The SMILES string of the molecule is CC(CN1CCCCC1)Nc1ncccc1S(C)(=O)=O. The number of likely N-dealkylation sites (tertiary alicyclic amines) is 1. The smallest absolute Gasteiger partial charge is 0.179 e. The van der Waals surface area contributed by atoms with Gasteiger partial charge in [-0.3, -0.25) is 0 Å². The number of hydrogen-bond donors (Lipinski definition) is 1. The second-order valence-corrected chi connectivity index (χ2v) is 7.51. The zero-order chi connectivity index (χ0) is 14.6. The van der Waals surface area contributed by atoms with Crippen LogP contribution in [0.3, 0.4) is 0 Å². The van der Waals surface area contributed by atoms with Crippen LogP contribution in [0, 0.1) is 0 Å². The lowest BCUT2D eigenvalue weighted by atomic mass is 10.1. The summed E-state index contributed by atoms with van der Waals surface area (Å²) < 4.78 is 23.5. The fourth-order valence-electron chi connectivity index (χ4n) is 2.61. The Morgan fingerprint density at radius 1 is 1.35 bits per heavy atom. The van der Waals surface area contributed by atoms with Crippen molar-refractivity contribution in [3.63, 3.8) is 0 Å². The molecule has 0 spiro atoms. The van der Waals surface area contributed by atoms with Gasteiger partial charge in [-0.25, -0.2) is 13.4 Å². The monoisotopic (exact) mass is 297 g/mol. The molecule has 20 heavy (non-hydrogen) atoms. The Bertz CT molecular complexity index is 539. The highest BCUT2D eigenvalue weighted by atomic mass is 32.2. The number of aromatic nitrogens is 1. The van der Waals surface area contributed by atoms with Gasteiger partial charge < -0.3 is 10.2 Å². The molecule has 1 aromatic heterocycles. The highest BCUT2D eigenvalue weighted by Gasteiger charge is 2.17. The number of pyridine rings is 1. The van der Waals surface area contributed by atoms with Gasteiger partial charge in [0.05, 0.1) is 0 Å². The minimum Gasteiger partial charge on any atom is -0.365 e. The first kappa shape index (κ1) is 15.3. The predicted molar refractivity (Wildman–Crippen MR) is 80.7 cm³/mol. The fraction of sp³-hybridized carbons (Fsp3) is 0.643. The molecule has 1 aliphatic heterocycles. The van der Waals surface area contributed by atoms with Crippen molar-refractivity contribution in [2.24, 2.45) is 0 Å². The van der Waals surface area contributed by atoms with Crippen LogP contribution in [-0.2, 0) is 9.84 Å². The van der Waals surface area contributed by atoms with E-state index in [-0.39, 0.29) is 10.9 Å². The normalized spacial score (nSPS) is 18.7. The van der Waals surface area contributed by atoms with Crippen LogP contribution in [0.2, 0.25) is 0 Å². The van der Waals surface area contributed by atoms with Gasteiger partial charge in [0, 0.05) is 25.0 Å². The number of sulfone groups is 1. The topological polar surface area (TPSA) is 62.3 Å². The molecule has 1 atom stereocenters. The molecule has 1 N–H and O–H groups in total. The second-order valence-electron chi connectivity index (χ2n) is 5.53. The minimum absolute atomic E-state index is 0.170. The van der Waals surface area contributed by atoms with E-state index in [4.69, 9.17) is 0 Å². The lowest BCUT2D eigenvalue weighted by molar-refractivity contribution is 0.223. The van der Waals surface area contributed by atoms with E-state index in [2.05, 4.69) is 22.1 Å². The number of rotatable bonds is 5. The maximum atomic E-state index is 11.7. The lowest BCUT2D eigenvalue weighted by Gasteiger charge is -2.29. The van der Waals surface area contributed by atoms with Crippen molar-refractivity contribution in [2.45, 2.75) is 37.1 Å². The number of anilines is 1. The van der Waals surface area contributed by atoms with Crippen LogP contribution in [-0.4, -0.2) is 50.2 Å². The third-order valence-electron chi connectivity index (χ3n) is 3.53. The van der Waals surface area contributed by atoms with Crippen molar-refractivity contribution in [3.8, 4) is 0 Å². The highest BCUT2D eigenvalue weighted by molar-refractivity contribution is 7.90. The second kappa shape index (κ2) is 6.54. The molecular formula is C14H23N3O2S. The van der Waals surface area contributed by atoms with Crippen molar-refractivity contribution in [1.29, 1.82) is 0 Å². The first-order valence-electron chi connectivity index (χ1n) is 7.11.